The van der Waals surface area contributed by atoms with Crippen LogP contribution in [0.2, 0.25) is 0 Å². The maximum Gasteiger partial charge on any atom is 0.338 e. The van der Waals surface area contributed by atoms with Gasteiger partial charge in [-0.15, -0.1) is 0 Å². The van der Waals surface area contributed by atoms with Gasteiger partial charge in [-0.25, -0.2) is 4.79 Å². The fraction of sp³-hybridized carbons (Fsp3) is 0.167. The molecule has 0 unspecified atom stereocenters. The predicted octanol–water partition coefficient (Wildman–Crippen LogP) is 3.84. The van der Waals surface area contributed by atoms with Gasteiger partial charge in [0.25, 0.3) is 0 Å². The van der Waals surface area contributed by atoms with Gasteiger partial charge in [-0.05, 0) is 37.3 Å². The smallest absolute Gasteiger partial charge is 0.338 e. The van der Waals surface area contributed by atoms with Gasteiger partial charge < -0.3 is 10.1 Å². The third-order valence-electron chi connectivity index (χ3n) is 3.20. The van der Waals surface area contributed by atoms with Crippen molar-refractivity contribution in [3.63, 3.8) is 0 Å². The Morgan fingerprint density at radius 1 is 1.04 bits per heavy atom. The van der Waals surface area contributed by atoms with Gasteiger partial charge in [0, 0.05) is 22.6 Å². The van der Waals surface area contributed by atoms with Crippen LogP contribution in [0.1, 0.15) is 34.6 Å². The SMILES string of the molecule is CC(=O)Nc1cccc(C(=O)O[C@@H](C)C(=O)c2ccc(Br)cc2)c1. The van der Waals surface area contributed by atoms with Crippen molar-refractivity contribution in [2.24, 2.45) is 0 Å². The van der Waals surface area contributed by atoms with Crippen molar-refractivity contribution in [2.75, 3.05) is 5.32 Å². The molecule has 2 aromatic rings. The Kier molecular flexibility index (Phi) is 5.87. The Labute approximate surface area is 148 Å². The quantitative estimate of drug-likeness (QED) is 0.622. The second-order valence-electron chi connectivity index (χ2n) is 5.18. The standard InChI is InChI=1S/C18H16BrNO4/c1-11(17(22)13-6-8-15(19)9-7-13)24-18(23)14-4-3-5-16(10-14)20-12(2)21/h3-11H,1-2H3,(H,20,21)/t11-/m0/s1. The zero-order valence-corrected chi connectivity index (χ0v) is 14.8. The first kappa shape index (κ1) is 17.9. The third-order valence-corrected chi connectivity index (χ3v) is 3.73. The minimum absolute atomic E-state index is 0.237. The molecule has 124 valence electrons. The fourth-order valence-electron chi connectivity index (χ4n) is 2.06. The number of hydrogen-bond acceptors (Lipinski definition) is 4. The van der Waals surface area contributed by atoms with E-state index in [9.17, 15) is 14.4 Å². The van der Waals surface area contributed by atoms with E-state index in [1.165, 1.54) is 19.9 Å². The Hall–Kier alpha value is -2.47. The van der Waals surface area contributed by atoms with Crippen LogP contribution in [0.15, 0.2) is 53.0 Å². The summed E-state index contributed by atoms with van der Waals surface area (Å²) in [6.45, 7) is 2.91. The van der Waals surface area contributed by atoms with Gasteiger partial charge in [-0.2, -0.15) is 0 Å². The maximum atomic E-state index is 12.3. The van der Waals surface area contributed by atoms with Crippen LogP contribution >= 0.6 is 15.9 Å². The van der Waals surface area contributed by atoms with Crippen molar-refractivity contribution < 1.29 is 19.1 Å². The number of esters is 1. The molecule has 6 heteroatoms. The van der Waals surface area contributed by atoms with E-state index >= 15 is 0 Å². The summed E-state index contributed by atoms with van der Waals surface area (Å²) in [4.78, 5) is 35.5. The van der Waals surface area contributed by atoms with E-state index in [0.717, 1.165) is 4.47 Å². The molecule has 24 heavy (non-hydrogen) atoms. The van der Waals surface area contributed by atoms with Crippen molar-refractivity contribution >= 4 is 39.3 Å². The summed E-state index contributed by atoms with van der Waals surface area (Å²) < 4.78 is 6.09. The second-order valence-corrected chi connectivity index (χ2v) is 6.10. The lowest BCUT2D eigenvalue weighted by Gasteiger charge is -2.13. The van der Waals surface area contributed by atoms with Gasteiger partial charge in [0.05, 0.1) is 5.56 Å². The molecule has 1 amide bonds. The number of benzene rings is 2. The highest BCUT2D eigenvalue weighted by atomic mass is 79.9. The first-order chi connectivity index (χ1) is 11.4. The molecule has 2 aromatic carbocycles. The van der Waals surface area contributed by atoms with Crippen LogP contribution in [-0.4, -0.2) is 23.8 Å². The van der Waals surface area contributed by atoms with Crippen LogP contribution in [-0.2, 0) is 9.53 Å². The molecule has 5 nitrogen and oxygen atoms in total. The molecule has 0 spiro atoms. The average Bonchev–Trinajstić information content (AvgIpc) is 2.54. The number of amides is 1. The van der Waals surface area contributed by atoms with Gasteiger partial charge >= 0.3 is 5.97 Å². The van der Waals surface area contributed by atoms with Gasteiger partial charge in [0.2, 0.25) is 11.7 Å². The summed E-state index contributed by atoms with van der Waals surface area (Å²) in [6.07, 6.45) is -0.914. The molecule has 0 bridgehead atoms. The Morgan fingerprint density at radius 2 is 1.71 bits per heavy atom. The number of ketones is 1. The molecule has 2 rings (SSSR count). The normalized spacial score (nSPS) is 11.5. The molecule has 1 atom stereocenters. The molecular formula is C18H16BrNO4. The van der Waals surface area contributed by atoms with E-state index in [4.69, 9.17) is 4.74 Å². The van der Waals surface area contributed by atoms with Crippen LogP contribution in [0, 0.1) is 0 Å². The van der Waals surface area contributed by atoms with E-state index in [2.05, 4.69) is 21.2 Å². The maximum absolute atomic E-state index is 12.3. The van der Waals surface area contributed by atoms with Gasteiger partial charge in [-0.1, -0.05) is 34.1 Å². The van der Waals surface area contributed by atoms with Crippen LogP contribution < -0.4 is 5.32 Å². The van der Waals surface area contributed by atoms with Gasteiger partial charge in [0.1, 0.15) is 0 Å². The lowest BCUT2D eigenvalue weighted by Crippen LogP contribution is -2.24. The fourth-order valence-corrected chi connectivity index (χ4v) is 2.32. The number of carbonyl (C=O) groups excluding carboxylic acids is 3. The molecule has 0 fully saturated rings. The largest absolute Gasteiger partial charge is 0.451 e. The number of nitrogens with one attached hydrogen (secondary N) is 1. The molecule has 0 aromatic heterocycles. The lowest BCUT2D eigenvalue weighted by molar-refractivity contribution is -0.114. The first-order valence-electron chi connectivity index (χ1n) is 7.25. The zero-order chi connectivity index (χ0) is 17.7. The second kappa shape index (κ2) is 7.88. The Balaban J connectivity index is 2.07. The molecule has 0 aliphatic carbocycles. The highest BCUT2D eigenvalue weighted by Gasteiger charge is 2.20. The predicted molar refractivity (Wildman–Crippen MR) is 94.1 cm³/mol. The van der Waals surface area contributed by atoms with Crippen LogP contribution in [0.4, 0.5) is 5.69 Å². The van der Waals surface area contributed by atoms with Crippen molar-refractivity contribution in [3.05, 3.63) is 64.1 Å². The van der Waals surface area contributed by atoms with E-state index < -0.39 is 12.1 Å². The molecule has 0 saturated carbocycles. The summed E-state index contributed by atoms with van der Waals surface area (Å²) in [7, 11) is 0. The first-order valence-corrected chi connectivity index (χ1v) is 8.04. The summed E-state index contributed by atoms with van der Waals surface area (Å²) in [5.41, 5.74) is 1.21. The van der Waals surface area contributed by atoms with E-state index in [1.807, 2.05) is 0 Å². The number of halogens is 1. The summed E-state index contributed by atoms with van der Waals surface area (Å²) >= 11 is 3.30. The lowest BCUT2D eigenvalue weighted by atomic mass is 10.1. The third kappa shape index (κ3) is 4.76. The average molecular weight is 390 g/mol. The number of rotatable bonds is 5. The molecule has 0 saturated heterocycles. The van der Waals surface area contributed by atoms with Crippen LogP contribution in [0.5, 0.6) is 0 Å². The topological polar surface area (TPSA) is 72.5 Å². The van der Waals surface area contributed by atoms with Gasteiger partial charge in [-0.3, -0.25) is 9.59 Å². The number of hydrogen-bond donors (Lipinski definition) is 1. The Morgan fingerprint density at radius 3 is 2.33 bits per heavy atom. The summed E-state index contributed by atoms with van der Waals surface area (Å²) in [5.74, 6) is -1.15. The summed E-state index contributed by atoms with van der Waals surface area (Å²) in [5, 5.41) is 2.59. The van der Waals surface area contributed by atoms with Crippen molar-refractivity contribution in [2.45, 2.75) is 20.0 Å². The van der Waals surface area contributed by atoms with Crippen LogP contribution in [0.25, 0.3) is 0 Å². The van der Waals surface area contributed by atoms with E-state index in [0.29, 0.717) is 11.3 Å². The molecule has 1 N–H and O–H groups in total. The number of ether oxygens (including phenoxy) is 1. The monoisotopic (exact) mass is 389 g/mol. The minimum atomic E-state index is -0.914. The van der Waals surface area contributed by atoms with Crippen LogP contribution in [0.3, 0.4) is 0 Å². The molecule has 0 radical (unpaired) electrons. The van der Waals surface area contributed by atoms with E-state index in [-0.39, 0.29) is 17.3 Å². The molecule has 0 aliphatic heterocycles. The van der Waals surface area contributed by atoms with Crippen molar-refractivity contribution in [3.8, 4) is 0 Å². The molecular weight excluding hydrogens is 374 g/mol. The molecule has 0 heterocycles. The van der Waals surface area contributed by atoms with Crippen molar-refractivity contribution in [1.82, 2.24) is 0 Å². The highest BCUT2D eigenvalue weighted by molar-refractivity contribution is 9.10. The molecule has 0 aliphatic rings. The minimum Gasteiger partial charge on any atom is -0.451 e. The zero-order valence-electron chi connectivity index (χ0n) is 13.2. The number of Topliss-reactive ketones (excluding diaryl/α,β-unsaturated/α-hetero) is 1. The Bertz CT molecular complexity index is 771. The highest BCUT2D eigenvalue weighted by Crippen LogP contribution is 2.15. The van der Waals surface area contributed by atoms with Gasteiger partial charge in [0.15, 0.2) is 6.10 Å². The number of carbonyl (C=O) groups is 3. The number of anilines is 1. The van der Waals surface area contributed by atoms with E-state index in [1.54, 1.807) is 42.5 Å². The summed E-state index contributed by atoms with van der Waals surface area (Å²) in [6, 6.07) is 13.2. The van der Waals surface area contributed by atoms with Crippen molar-refractivity contribution in [1.29, 1.82) is 0 Å².